The number of rotatable bonds is 6. The second-order valence-electron chi connectivity index (χ2n) is 6.41. The van der Waals surface area contributed by atoms with E-state index in [-0.39, 0.29) is 12.2 Å². The van der Waals surface area contributed by atoms with Gasteiger partial charge in [-0.1, -0.05) is 17.7 Å². The molecule has 1 aromatic carbocycles. The van der Waals surface area contributed by atoms with Crippen LogP contribution in [0.5, 0.6) is 0 Å². The number of ether oxygens (including phenoxy) is 1. The van der Waals surface area contributed by atoms with Crippen LogP contribution in [0.15, 0.2) is 18.2 Å². The Morgan fingerprint density at radius 3 is 2.64 bits per heavy atom. The molecule has 0 spiro atoms. The summed E-state index contributed by atoms with van der Waals surface area (Å²) in [6.45, 7) is 11.3. The van der Waals surface area contributed by atoms with E-state index < -0.39 is 0 Å². The van der Waals surface area contributed by atoms with Gasteiger partial charge in [-0.3, -0.25) is 0 Å². The average Bonchev–Trinajstić information content (AvgIpc) is 2.48. The number of hydrogen-bond acceptors (Lipinski definition) is 3. The minimum absolute atomic E-state index is 0.173. The van der Waals surface area contributed by atoms with Gasteiger partial charge in [0.2, 0.25) is 0 Å². The molecule has 0 saturated carbocycles. The smallest absolute Gasteiger partial charge is 0.126 e. The molecule has 1 saturated heterocycles. The van der Waals surface area contributed by atoms with Gasteiger partial charge in [0.05, 0.1) is 38.9 Å². The van der Waals surface area contributed by atoms with Crippen molar-refractivity contribution in [1.82, 2.24) is 0 Å². The zero-order valence-corrected chi connectivity index (χ0v) is 14.6. The van der Waals surface area contributed by atoms with Gasteiger partial charge in [-0.25, -0.2) is 0 Å². The molecule has 1 fully saturated rings. The van der Waals surface area contributed by atoms with Crippen molar-refractivity contribution >= 4 is 17.3 Å². The van der Waals surface area contributed by atoms with E-state index in [0.29, 0.717) is 6.61 Å². The molecule has 124 valence electrons. The molecule has 1 aliphatic rings. The fourth-order valence-electron chi connectivity index (χ4n) is 2.89. The third kappa shape index (κ3) is 5.13. The van der Waals surface area contributed by atoms with Crippen LogP contribution in [0.4, 0.5) is 5.69 Å². The lowest BCUT2D eigenvalue weighted by Gasteiger charge is -2.35. The number of quaternary nitrogens is 1. The summed E-state index contributed by atoms with van der Waals surface area (Å²) in [4.78, 5) is 3.83. The second-order valence-corrected chi connectivity index (χ2v) is 6.84. The number of nitrogens with zero attached hydrogens (tertiary/aromatic N) is 1. The SMILES string of the molecule is Cc1ccc(Cl)cc1N1CC[NH+](CC(O)COC(C)C)CC1. The molecule has 0 amide bonds. The van der Waals surface area contributed by atoms with Crippen molar-refractivity contribution < 1.29 is 14.7 Å². The molecule has 0 aromatic heterocycles. The van der Waals surface area contributed by atoms with E-state index in [4.69, 9.17) is 16.3 Å². The fourth-order valence-corrected chi connectivity index (χ4v) is 3.05. The highest BCUT2D eigenvalue weighted by Gasteiger charge is 2.23. The lowest BCUT2D eigenvalue weighted by atomic mass is 10.1. The van der Waals surface area contributed by atoms with Gasteiger partial charge in [0.15, 0.2) is 0 Å². The fraction of sp³-hybridized carbons (Fsp3) is 0.647. The van der Waals surface area contributed by atoms with Crippen molar-refractivity contribution in [2.45, 2.75) is 33.0 Å². The topological polar surface area (TPSA) is 37.1 Å². The summed E-state index contributed by atoms with van der Waals surface area (Å²) in [7, 11) is 0. The van der Waals surface area contributed by atoms with Crippen LogP contribution in [0.1, 0.15) is 19.4 Å². The molecule has 4 nitrogen and oxygen atoms in total. The van der Waals surface area contributed by atoms with Gasteiger partial charge in [-0.2, -0.15) is 0 Å². The number of hydrogen-bond donors (Lipinski definition) is 2. The van der Waals surface area contributed by atoms with Crippen molar-refractivity contribution in [1.29, 1.82) is 0 Å². The molecule has 0 radical (unpaired) electrons. The Kier molecular flexibility index (Phi) is 6.50. The van der Waals surface area contributed by atoms with Crippen molar-refractivity contribution in [3.05, 3.63) is 28.8 Å². The summed E-state index contributed by atoms with van der Waals surface area (Å²) in [5, 5.41) is 10.8. The largest absolute Gasteiger partial charge is 0.385 e. The summed E-state index contributed by atoms with van der Waals surface area (Å²) in [5.74, 6) is 0. The molecule has 0 aliphatic carbocycles. The first-order valence-corrected chi connectivity index (χ1v) is 8.48. The molecule has 1 unspecified atom stereocenters. The van der Waals surface area contributed by atoms with E-state index in [2.05, 4.69) is 17.9 Å². The predicted octanol–water partition coefficient (Wildman–Crippen LogP) is 1.14. The Balaban J connectivity index is 1.81. The number of aliphatic hydroxyl groups excluding tert-OH is 1. The van der Waals surface area contributed by atoms with Gasteiger partial charge in [-0.05, 0) is 38.5 Å². The van der Waals surface area contributed by atoms with Crippen LogP contribution < -0.4 is 9.80 Å². The van der Waals surface area contributed by atoms with Crippen LogP contribution in [-0.4, -0.2) is 56.6 Å². The molecule has 1 heterocycles. The van der Waals surface area contributed by atoms with Crippen LogP contribution in [0.3, 0.4) is 0 Å². The normalized spacial score (nSPS) is 18.0. The molecule has 1 aliphatic heterocycles. The van der Waals surface area contributed by atoms with E-state index in [1.807, 2.05) is 26.0 Å². The number of aliphatic hydroxyl groups is 1. The first-order valence-electron chi connectivity index (χ1n) is 8.10. The molecule has 1 aromatic rings. The second kappa shape index (κ2) is 8.16. The highest BCUT2D eigenvalue weighted by atomic mass is 35.5. The summed E-state index contributed by atoms with van der Waals surface area (Å²) < 4.78 is 5.48. The Morgan fingerprint density at radius 2 is 2.00 bits per heavy atom. The standard InChI is InChI=1S/C17H27ClN2O2/c1-13(2)22-12-16(21)11-19-6-8-20(9-7-19)17-10-15(18)5-4-14(17)3/h4-5,10,13,16,21H,6-9,11-12H2,1-3H3/p+1. The van der Waals surface area contributed by atoms with Crippen LogP contribution in [-0.2, 0) is 4.74 Å². The first-order chi connectivity index (χ1) is 10.5. The van der Waals surface area contributed by atoms with Crippen molar-refractivity contribution in [2.75, 3.05) is 44.2 Å². The van der Waals surface area contributed by atoms with Crippen LogP contribution in [0, 0.1) is 6.92 Å². The highest BCUT2D eigenvalue weighted by molar-refractivity contribution is 6.30. The van der Waals surface area contributed by atoms with E-state index >= 15 is 0 Å². The third-order valence-electron chi connectivity index (χ3n) is 4.13. The average molecular weight is 328 g/mol. The molecule has 22 heavy (non-hydrogen) atoms. The predicted molar refractivity (Wildman–Crippen MR) is 91.1 cm³/mol. The van der Waals surface area contributed by atoms with Gasteiger partial charge >= 0.3 is 0 Å². The van der Waals surface area contributed by atoms with Crippen molar-refractivity contribution in [3.63, 3.8) is 0 Å². The molecule has 0 bridgehead atoms. The number of anilines is 1. The molecular formula is C17H28ClN2O2+. The first kappa shape index (κ1) is 17.5. The monoisotopic (exact) mass is 327 g/mol. The summed E-state index contributed by atoms with van der Waals surface area (Å²) >= 11 is 6.11. The molecular weight excluding hydrogens is 300 g/mol. The third-order valence-corrected chi connectivity index (χ3v) is 4.36. The van der Waals surface area contributed by atoms with E-state index in [1.54, 1.807) is 0 Å². The minimum Gasteiger partial charge on any atom is -0.385 e. The number of aryl methyl sites for hydroxylation is 1. The maximum atomic E-state index is 10.0. The molecule has 2 N–H and O–H groups in total. The number of nitrogens with one attached hydrogen (secondary N) is 1. The Hall–Kier alpha value is -0.810. The zero-order valence-electron chi connectivity index (χ0n) is 13.8. The lowest BCUT2D eigenvalue weighted by Crippen LogP contribution is -3.16. The maximum Gasteiger partial charge on any atom is 0.126 e. The summed E-state index contributed by atoms with van der Waals surface area (Å²) in [6.07, 6.45) is -0.204. The number of halogens is 1. The van der Waals surface area contributed by atoms with Gasteiger partial charge in [0.1, 0.15) is 12.6 Å². The maximum absolute atomic E-state index is 10.0. The van der Waals surface area contributed by atoms with Gasteiger partial charge < -0.3 is 19.6 Å². The number of benzene rings is 1. The summed E-state index contributed by atoms with van der Waals surface area (Å²) in [5.41, 5.74) is 2.49. The van der Waals surface area contributed by atoms with Gasteiger partial charge in [-0.15, -0.1) is 0 Å². The van der Waals surface area contributed by atoms with Gasteiger partial charge in [0, 0.05) is 10.7 Å². The van der Waals surface area contributed by atoms with Crippen molar-refractivity contribution in [2.24, 2.45) is 0 Å². The van der Waals surface area contributed by atoms with Gasteiger partial charge in [0.25, 0.3) is 0 Å². The highest BCUT2D eigenvalue weighted by Crippen LogP contribution is 2.24. The van der Waals surface area contributed by atoms with E-state index in [1.165, 1.54) is 16.2 Å². The minimum atomic E-state index is -0.378. The molecule has 2 rings (SSSR count). The van der Waals surface area contributed by atoms with Crippen molar-refractivity contribution in [3.8, 4) is 0 Å². The van der Waals surface area contributed by atoms with E-state index in [0.717, 1.165) is 37.7 Å². The quantitative estimate of drug-likeness (QED) is 0.823. The summed E-state index contributed by atoms with van der Waals surface area (Å²) in [6, 6.07) is 6.06. The number of piperazine rings is 1. The molecule has 1 atom stereocenters. The van der Waals surface area contributed by atoms with Crippen LogP contribution >= 0.6 is 11.6 Å². The van der Waals surface area contributed by atoms with E-state index in [9.17, 15) is 5.11 Å². The lowest BCUT2D eigenvalue weighted by molar-refractivity contribution is -0.903. The zero-order chi connectivity index (χ0) is 16.1. The Labute approximate surface area is 138 Å². The Bertz CT molecular complexity index is 474. The molecule has 5 heteroatoms. The van der Waals surface area contributed by atoms with Crippen LogP contribution in [0.25, 0.3) is 0 Å². The van der Waals surface area contributed by atoms with Crippen LogP contribution in [0.2, 0.25) is 5.02 Å². The Morgan fingerprint density at radius 1 is 1.32 bits per heavy atom.